The van der Waals surface area contributed by atoms with Crippen LogP contribution in [0, 0.1) is 18.3 Å². The lowest BCUT2D eigenvalue weighted by Gasteiger charge is -2.31. The molecule has 2 unspecified atom stereocenters. The molecule has 4 heteroatoms. The van der Waals surface area contributed by atoms with E-state index in [1.165, 1.54) is 0 Å². The summed E-state index contributed by atoms with van der Waals surface area (Å²) in [6, 6.07) is 0. The van der Waals surface area contributed by atoms with E-state index in [-0.39, 0.29) is 11.9 Å². The Morgan fingerprint density at radius 3 is 2.60 bits per heavy atom. The second-order valence-corrected chi connectivity index (χ2v) is 4.10. The lowest BCUT2D eigenvalue weighted by Crippen LogP contribution is -2.54. The monoisotopic (exact) mass is 212 g/mol. The van der Waals surface area contributed by atoms with Crippen LogP contribution in [0.3, 0.4) is 0 Å². The summed E-state index contributed by atoms with van der Waals surface area (Å²) < 4.78 is 5.28. The summed E-state index contributed by atoms with van der Waals surface area (Å²) in [6.45, 7) is 5.26. The molecule has 0 aliphatic heterocycles. The van der Waals surface area contributed by atoms with E-state index in [0.717, 1.165) is 0 Å². The first kappa shape index (κ1) is 13.9. The normalized spacial score (nSPS) is 15.2. The Bertz CT molecular complexity index is 256. The zero-order valence-electron chi connectivity index (χ0n) is 9.83. The first-order chi connectivity index (χ1) is 6.85. The first-order valence-corrected chi connectivity index (χ1v) is 4.94. The predicted octanol–water partition coefficient (Wildman–Crippen LogP) is 0.472. The van der Waals surface area contributed by atoms with Gasteiger partial charge in [-0.25, -0.2) is 0 Å². The van der Waals surface area contributed by atoms with E-state index < -0.39 is 11.8 Å². The van der Waals surface area contributed by atoms with Gasteiger partial charge in [-0.1, -0.05) is 6.92 Å². The van der Waals surface area contributed by atoms with Gasteiger partial charge in [0.25, 0.3) is 0 Å². The zero-order chi connectivity index (χ0) is 12.1. The van der Waals surface area contributed by atoms with Gasteiger partial charge in [-0.3, -0.25) is 4.79 Å². The van der Waals surface area contributed by atoms with Crippen molar-refractivity contribution in [2.45, 2.75) is 39.0 Å². The van der Waals surface area contributed by atoms with Crippen LogP contribution in [0.2, 0.25) is 0 Å². The van der Waals surface area contributed by atoms with Gasteiger partial charge in [-0.15, -0.1) is 12.3 Å². The summed E-state index contributed by atoms with van der Waals surface area (Å²) in [5, 5.41) is 2.84. The zero-order valence-corrected chi connectivity index (χ0v) is 9.83. The summed E-state index contributed by atoms with van der Waals surface area (Å²) in [4.78, 5) is 11.6. The molecule has 0 rings (SSSR count). The van der Waals surface area contributed by atoms with Crippen molar-refractivity contribution in [1.29, 1.82) is 0 Å². The number of terminal acetylenes is 1. The van der Waals surface area contributed by atoms with Crippen LogP contribution in [0.25, 0.3) is 0 Å². The Kier molecular flexibility index (Phi) is 5.34. The van der Waals surface area contributed by atoms with Crippen LogP contribution in [0.15, 0.2) is 0 Å². The van der Waals surface area contributed by atoms with Gasteiger partial charge in [-0.2, -0.15) is 0 Å². The number of hydrogen-bond acceptors (Lipinski definition) is 4. The van der Waals surface area contributed by atoms with Crippen LogP contribution < -0.4 is 11.1 Å². The van der Waals surface area contributed by atoms with Gasteiger partial charge in [0.15, 0.2) is 0 Å². The number of esters is 1. The lowest BCUT2D eigenvalue weighted by molar-refractivity contribution is -0.163. The van der Waals surface area contributed by atoms with Gasteiger partial charge in [0.2, 0.25) is 0 Å². The van der Waals surface area contributed by atoms with E-state index in [1.54, 1.807) is 27.8 Å². The summed E-state index contributed by atoms with van der Waals surface area (Å²) in [7, 11) is 1.71. The Balaban J connectivity index is 4.34. The number of likely N-dealkylation sites (N-methyl/N-ethyl adjacent to an activating group) is 1. The summed E-state index contributed by atoms with van der Waals surface area (Å²) in [6.07, 6.45) is 5.10. The minimum Gasteiger partial charge on any atom is -0.456 e. The minimum absolute atomic E-state index is 0.293. The SMILES string of the molecule is C#CCC(C)C(=O)OC(C)(C)C(N)NC. The fourth-order valence-corrected chi connectivity index (χ4v) is 1.03. The highest BCUT2D eigenvalue weighted by Crippen LogP contribution is 2.15. The van der Waals surface area contributed by atoms with Gasteiger partial charge in [0.05, 0.1) is 12.1 Å². The number of hydrogen-bond donors (Lipinski definition) is 2. The number of nitrogens with two attached hydrogens (primary N) is 1. The van der Waals surface area contributed by atoms with E-state index in [2.05, 4.69) is 11.2 Å². The van der Waals surface area contributed by atoms with Gasteiger partial charge < -0.3 is 15.8 Å². The van der Waals surface area contributed by atoms with Gasteiger partial charge in [0, 0.05) is 6.42 Å². The van der Waals surface area contributed by atoms with Crippen LogP contribution in [0.5, 0.6) is 0 Å². The molecule has 0 saturated carbocycles. The molecule has 0 saturated heterocycles. The molecule has 15 heavy (non-hydrogen) atoms. The predicted molar refractivity (Wildman–Crippen MR) is 59.8 cm³/mol. The maximum Gasteiger partial charge on any atom is 0.310 e. The Morgan fingerprint density at radius 2 is 2.20 bits per heavy atom. The van der Waals surface area contributed by atoms with Crippen LogP contribution in [-0.4, -0.2) is 24.8 Å². The summed E-state index contributed by atoms with van der Waals surface area (Å²) >= 11 is 0. The molecular weight excluding hydrogens is 192 g/mol. The van der Waals surface area contributed by atoms with Crippen LogP contribution in [0.4, 0.5) is 0 Å². The van der Waals surface area contributed by atoms with Gasteiger partial charge in [0.1, 0.15) is 5.60 Å². The molecule has 0 fully saturated rings. The van der Waals surface area contributed by atoms with Crippen LogP contribution >= 0.6 is 0 Å². The van der Waals surface area contributed by atoms with E-state index >= 15 is 0 Å². The van der Waals surface area contributed by atoms with E-state index in [9.17, 15) is 4.79 Å². The Labute approximate surface area is 91.6 Å². The Hall–Kier alpha value is -1.05. The highest BCUT2D eigenvalue weighted by Gasteiger charge is 2.31. The van der Waals surface area contributed by atoms with E-state index in [0.29, 0.717) is 6.42 Å². The highest BCUT2D eigenvalue weighted by atomic mass is 16.6. The number of carbonyl (C=O) groups is 1. The van der Waals surface area contributed by atoms with E-state index in [4.69, 9.17) is 16.9 Å². The quantitative estimate of drug-likeness (QED) is 0.395. The largest absolute Gasteiger partial charge is 0.456 e. The summed E-state index contributed by atoms with van der Waals surface area (Å²) in [5.41, 5.74) is 5.00. The molecule has 0 aliphatic carbocycles. The standard InChI is InChI=1S/C11H20N2O2/c1-6-7-8(2)9(14)15-11(3,4)10(12)13-5/h1,8,10,13H,7,12H2,2-5H3. The molecule has 0 aliphatic rings. The fourth-order valence-electron chi connectivity index (χ4n) is 1.03. The second-order valence-electron chi connectivity index (χ2n) is 4.10. The molecule has 0 radical (unpaired) electrons. The molecule has 2 atom stereocenters. The number of rotatable bonds is 5. The van der Waals surface area contributed by atoms with Gasteiger partial charge in [-0.05, 0) is 20.9 Å². The van der Waals surface area contributed by atoms with Crippen molar-refractivity contribution in [1.82, 2.24) is 5.32 Å². The van der Waals surface area contributed by atoms with Crippen molar-refractivity contribution in [3.63, 3.8) is 0 Å². The van der Waals surface area contributed by atoms with Crippen LogP contribution in [0.1, 0.15) is 27.2 Å². The molecule has 0 aromatic carbocycles. The van der Waals surface area contributed by atoms with Crippen molar-refractivity contribution in [3.05, 3.63) is 0 Å². The number of nitrogens with one attached hydrogen (secondary N) is 1. The van der Waals surface area contributed by atoms with Crippen molar-refractivity contribution in [2.75, 3.05) is 7.05 Å². The maximum atomic E-state index is 11.6. The van der Waals surface area contributed by atoms with Crippen molar-refractivity contribution in [2.24, 2.45) is 11.7 Å². The lowest BCUT2D eigenvalue weighted by atomic mass is 10.0. The van der Waals surface area contributed by atoms with Crippen molar-refractivity contribution < 1.29 is 9.53 Å². The third-order valence-electron chi connectivity index (χ3n) is 2.25. The van der Waals surface area contributed by atoms with Crippen molar-refractivity contribution >= 4 is 5.97 Å². The third-order valence-corrected chi connectivity index (χ3v) is 2.25. The average molecular weight is 212 g/mol. The molecule has 3 N–H and O–H groups in total. The van der Waals surface area contributed by atoms with Crippen molar-refractivity contribution in [3.8, 4) is 12.3 Å². The molecule has 0 heterocycles. The van der Waals surface area contributed by atoms with Crippen LogP contribution in [-0.2, 0) is 9.53 Å². The average Bonchev–Trinajstić information content (AvgIpc) is 2.16. The molecule has 0 aromatic rings. The molecule has 0 bridgehead atoms. The first-order valence-electron chi connectivity index (χ1n) is 4.94. The molecule has 4 nitrogen and oxygen atoms in total. The third kappa shape index (κ3) is 4.32. The van der Waals surface area contributed by atoms with E-state index in [1.807, 2.05) is 0 Å². The molecular formula is C11H20N2O2. The number of ether oxygens (including phenoxy) is 1. The molecule has 86 valence electrons. The fraction of sp³-hybridized carbons (Fsp3) is 0.727. The second kappa shape index (κ2) is 5.74. The smallest absolute Gasteiger partial charge is 0.310 e. The van der Waals surface area contributed by atoms with Gasteiger partial charge >= 0.3 is 5.97 Å². The molecule has 0 spiro atoms. The highest BCUT2D eigenvalue weighted by molar-refractivity contribution is 5.72. The molecule has 0 amide bonds. The molecule has 0 aromatic heterocycles. The Morgan fingerprint density at radius 1 is 1.67 bits per heavy atom. The minimum atomic E-state index is -0.741. The topological polar surface area (TPSA) is 64.3 Å². The number of carbonyl (C=O) groups excluding carboxylic acids is 1. The maximum absolute atomic E-state index is 11.6. The summed E-state index contributed by atoms with van der Waals surface area (Å²) in [5.74, 6) is 1.82.